The maximum absolute atomic E-state index is 12.7. The minimum absolute atomic E-state index is 0.123. The Morgan fingerprint density at radius 2 is 1.69 bits per heavy atom. The summed E-state index contributed by atoms with van der Waals surface area (Å²) in [7, 11) is 0. The van der Waals surface area contributed by atoms with Gasteiger partial charge in [-0.05, 0) is 11.5 Å². The number of aliphatic carboxylic acids is 1. The van der Waals surface area contributed by atoms with E-state index in [0.29, 0.717) is 0 Å². The molecule has 1 aromatic carbocycles. The van der Waals surface area contributed by atoms with Gasteiger partial charge in [-0.15, -0.1) is 0 Å². The van der Waals surface area contributed by atoms with Gasteiger partial charge in [-0.1, -0.05) is 44.2 Å². The average molecular weight is 425 g/mol. The van der Waals surface area contributed by atoms with Crippen molar-refractivity contribution in [1.82, 2.24) is 16.0 Å². The first-order valence-electron chi connectivity index (χ1n) is 9.16. The fraction of sp³-hybridized carbons (Fsp3) is 0.474. The largest absolute Gasteiger partial charge is 0.480 e. The van der Waals surface area contributed by atoms with Gasteiger partial charge in [0.05, 0.1) is 12.6 Å². The SMILES string of the molecule is CC(C)C(NC(=O)C(Cc1ccccc1)NC(=O)CNC(=O)C(N)CS)C(=O)O. The number of hydrogen-bond acceptors (Lipinski definition) is 6. The number of nitrogens with one attached hydrogen (secondary N) is 3. The number of rotatable bonds is 11. The Labute approximate surface area is 175 Å². The van der Waals surface area contributed by atoms with Crippen molar-refractivity contribution in [2.24, 2.45) is 11.7 Å². The normalized spacial score (nSPS) is 13.8. The van der Waals surface area contributed by atoms with Crippen molar-refractivity contribution in [1.29, 1.82) is 0 Å². The number of nitrogens with two attached hydrogens (primary N) is 1. The fourth-order valence-electron chi connectivity index (χ4n) is 2.45. The monoisotopic (exact) mass is 424 g/mol. The maximum atomic E-state index is 12.7. The molecule has 0 aliphatic rings. The summed E-state index contributed by atoms with van der Waals surface area (Å²) in [6.07, 6.45) is 0.160. The van der Waals surface area contributed by atoms with E-state index in [4.69, 9.17) is 5.73 Å². The van der Waals surface area contributed by atoms with Crippen LogP contribution >= 0.6 is 12.6 Å². The second kappa shape index (κ2) is 12.1. The molecule has 3 atom stereocenters. The molecule has 1 aromatic rings. The van der Waals surface area contributed by atoms with Crippen molar-refractivity contribution in [2.75, 3.05) is 12.3 Å². The number of benzene rings is 1. The number of hydrogen-bond donors (Lipinski definition) is 6. The van der Waals surface area contributed by atoms with Gasteiger partial charge in [0.1, 0.15) is 12.1 Å². The molecular weight excluding hydrogens is 396 g/mol. The van der Waals surface area contributed by atoms with Crippen LogP contribution in [0.4, 0.5) is 0 Å². The van der Waals surface area contributed by atoms with Gasteiger partial charge in [-0.25, -0.2) is 4.79 Å². The van der Waals surface area contributed by atoms with Gasteiger partial charge in [-0.3, -0.25) is 14.4 Å². The van der Waals surface area contributed by atoms with Gasteiger partial charge in [0.15, 0.2) is 0 Å². The molecule has 0 bridgehead atoms. The molecule has 0 spiro atoms. The van der Waals surface area contributed by atoms with Crippen LogP contribution in [0.3, 0.4) is 0 Å². The second-order valence-corrected chi connectivity index (χ2v) is 7.25. The summed E-state index contributed by atoms with van der Waals surface area (Å²) in [6, 6.07) is 6.02. The first kappa shape index (κ1) is 24.4. The molecule has 3 unspecified atom stereocenters. The zero-order chi connectivity index (χ0) is 22.0. The van der Waals surface area contributed by atoms with Crippen LogP contribution in [0.25, 0.3) is 0 Å². The highest BCUT2D eigenvalue weighted by Gasteiger charge is 2.28. The van der Waals surface area contributed by atoms with E-state index in [1.165, 1.54) is 0 Å². The van der Waals surface area contributed by atoms with E-state index in [1.54, 1.807) is 38.1 Å². The zero-order valence-corrected chi connectivity index (χ0v) is 17.3. The Balaban J connectivity index is 2.85. The minimum Gasteiger partial charge on any atom is -0.480 e. The molecule has 6 N–H and O–H groups in total. The van der Waals surface area contributed by atoms with Crippen molar-refractivity contribution in [3.05, 3.63) is 35.9 Å². The van der Waals surface area contributed by atoms with Crippen LogP contribution in [0, 0.1) is 5.92 Å². The highest BCUT2D eigenvalue weighted by atomic mass is 32.1. The van der Waals surface area contributed by atoms with Crippen molar-refractivity contribution < 1.29 is 24.3 Å². The lowest BCUT2D eigenvalue weighted by Gasteiger charge is -2.23. The molecule has 0 radical (unpaired) electrons. The molecule has 0 fully saturated rings. The summed E-state index contributed by atoms with van der Waals surface area (Å²) in [6.45, 7) is 2.97. The average Bonchev–Trinajstić information content (AvgIpc) is 2.69. The number of carboxylic acid groups (broad SMARTS) is 1. The quantitative estimate of drug-likeness (QED) is 0.259. The summed E-state index contributed by atoms with van der Waals surface area (Å²) < 4.78 is 0. The number of amides is 3. The Bertz CT molecular complexity index is 714. The first-order valence-corrected chi connectivity index (χ1v) is 9.79. The standard InChI is InChI=1S/C19H28N4O5S/c1-11(2)16(19(27)28)23-18(26)14(8-12-6-4-3-5-7-12)22-15(24)9-21-17(25)13(20)10-29/h3-7,11,13-14,16,29H,8-10,20H2,1-2H3,(H,21,25)(H,22,24)(H,23,26)(H,27,28). The molecule has 0 aliphatic carbocycles. The van der Waals surface area contributed by atoms with Crippen molar-refractivity contribution in [3.8, 4) is 0 Å². The molecule has 0 saturated carbocycles. The maximum Gasteiger partial charge on any atom is 0.326 e. The van der Waals surface area contributed by atoms with Gasteiger partial charge >= 0.3 is 5.97 Å². The van der Waals surface area contributed by atoms with E-state index in [0.717, 1.165) is 5.56 Å². The molecule has 160 valence electrons. The predicted octanol–water partition coefficient (Wildman–Crippen LogP) is -0.687. The molecule has 0 aromatic heterocycles. The first-order chi connectivity index (χ1) is 13.6. The lowest BCUT2D eigenvalue weighted by atomic mass is 10.0. The molecule has 29 heavy (non-hydrogen) atoms. The molecule has 0 saturated heterocycles. The van der Waals surface area contributed by atoms with Crippen LogP contribution < -0.4 is 21.7 Å². The van der Waals surface area contributed by atoms with E-state index >= 15 is 0 Å². The van der Waals surface area contributed by atoms with E-state index < -0.39 is 41.8 Å². The lowest BCUT2D eigenvalue weighted by molar-refractivity contribution is -0.143. The number of carbonyl (C=O) groups excluding carboxylic acids is 3. The van der Waals surface area contributed by atoms with Gasteiger partial charge in [0.25, 0.3) is 0 Å². The minimum atomic E-state index is -1.16. The predicted molar refractivity (Wildman–Crippen MR) is 111 cm³/mol. The van der Waals surface area contributed by atoms with E-state index in [1.807, 2.05) is 6.07 Å². The van der Waals surface area contributed by atoms with Gasteiger partial charge in [0.2, 0.25) is 17.7 Å². The molecule has 0 heterocycles. The summed E-state index contributed by atoms with van der Waals surface area (Å²) >= 11 is 3.91. The van der Waals surface area contributed by atoms with E-state index in [9.17, 15) is 24.3 Å². The summed E-state index contributed by atoms with van der Waals surface area (Å²) in [5, 5.41) is 16.7. The van der Waals surface area contributed by atoms with Crippen LogP contribution in [-0.2, 0) is 25.6 Å². The van der Waals surface area contributed by atoms with E-state index in [-0.39, 0.29) is 24.6 Å². The molecule has 1 rings (SSSR count). The Hall–Kier alpha value is -2.59. The third-order valence-corrected chi connectivity index (χ3v) is 4.51. The number of carbonyl (C=O) groups is 4. The van der Waals surface area contributed by atoms with Crippen LogP contribution in [0.1, 0.15) is 19.4 Å². The lowest BCUT2D eigenvalue weighted by Crippen LogP contribution is -2.55. The highest BCUT2D eigenvalue weighted by Crippen LogP contribution is 2.06. The summed E-state index contributed by atoms with van der Waals surface area (Å²) in [5.74, 6) is -3.14. The van der Waals surface area contributed by atoms with Crippen molar-refractivity contribution >= 4 is 36.3 Å². The summed E-state index contributed by atoms with van der Waals surface area (Å²) in [5.41, 5.74) is 6.31. The number of carboxylic acids is 1. The summed E-state index contributed by atoms with van der Waals surface area (Å²) in [4.78, 5) is 48.0. The third kappa shape index (κ3) is 8.53. The molecule has 9 nitrogen and oxygen atoms in total. The molecule has 0 aliphatic heterocycles. The van der Waals surface area contributed by atoms with Crippen LogP contribution in [0.2, 0.25) is 0 Å². The Kier molecular flexibility index (Phi) is 10.2. The van der Waals surface area contributed by atoms with Crippen LogP contribution in [0.5, 0.6) is 0 Å². The molecule has 10 heteroatoms. The topological polar surface area (TPSA) is 151 Å². The van der Waals surface area contributed by atoms with Crippen LogP contribution in [-0.4, -0.2) is 59.2 Å². The number of thiol groups is 1. The van der Waals surface area contributed by atoms with Gasteiger partial charge in [0, 0.05) is 12.2 Å². The highest BCUT2D eigenvalue weighted by molar-refractivity contribution is 7.80. The Morgan fingerprint density at radius 1 is 1.07 bits per heavy atom. The second-order valence-electron chi connectivity index (χ2n) is 6.89. The zero-order valence-electron chi connectivity index (χ0n) is 16.4. The van der Waals surface area contributed by atoms with E-state index in [2.05, 4.69) is 28.6 Å². The van der Waals surface area contributed by atoms with Crippen molar-refractivity contribution in [3.63, 3.8) is 0 Å². The molecular formula is C19H28N4O5S. The fourth-order valence-corrected chi connectivity index (χ4v) is 2.62. The van der Waals surface area contributed by atoms with Gasteiger partial charge < -0.3 is 26.8 Å². The third-order valence-electron chi connectivity index (χ3n) is 4.12. The molecule has 3 amide bonds. The van der Waals surface area contributed by atoms with Crippen LogP contribution in [0.15, 0.2) is 30.3 Å². The van der Waals surface area contributed by atoms with Gasteiger partial charge in [-0.2, -0.15) is 12.6 Å². The smallest absolute Gasteiger partial charge is 0.326 e. The van der Waals surface area contributed by atoms with Crippen molar-refractivity contribution in [2.45, 2.75) is 38.4 Å². The Morgan fingerprint density at radius 3 is 2.21 bits per heavy atom.